The molecule has 0 bridgehead atoms. The lowest BCUT2D eigenvalue weighted by molar-refractivity contribution is 0.145. The molecule has 0 radical (unpaired) electrons. The Morgan fingerprint density at radius 2 is 2.12 bits per heavy atom. The maximum atomic E-state index is 5.38. The van der Waals surface area contributed by atoms with Crippen molar-refractivity contribution in [2.45, 2.75) is 39.2 Å². The van der Waals surface area contributed by atoms with Gasteiger partial charge in [0.1, 0.15) is 0 Å². The highest BCUT2D eigenvalue weighted by Gasteiger charge is 2.24. The van der Waals surface area contributed by atoms with Gasteiger partial charge in [-0.2, -0.15) is 0 Å². The van der Waals surface area contributed by atoms with Gasteiger partial charge in [0.2, 0.25) is 0 Å². The highest BCUT2D eigenvalue weighted by atomic mass is 127. The summed E-state index contributed by atoms with van der Waals surface area (Å²) >= 11 is 1.84. The van der Waals surface area contributed by atoms with Crippen LogP contribution in [0.1, 0.15) is 44.0 Å². The second kappa shape index (κ2) is 13.8. The van der Waals surface area contributed by atoms with Crippen molar-refractivity contribution in [1.29, 1.82) is 0 Å². The molecule has 2 heterocycles. The lowest BCUT2D eigenvalue weighted by Crippen LogP contribution is -2.39. The summed E-state index contributed by atoms with van der Waals surface area (Å²) in [6.07, 6.45) is 3.61. The number of halogens is 1. The lowest BCUT2D eigenvalue weighted by atomic mass is 10.2. The van der Waals surface area contributed by atoms with Gasteiger partial charge in [-0.25, -0.2) is 0 Å². The minimum Gasteiger partial charge on any atom is -0.382 e. The zero-order valence-corrected chi connectivity index (χ0v) is 18.6. The predicted molar refractivity (Wildman–Crippen MR) is 118 cm³/mol. The standard InChI is InChI=1S/C18H32N4OS.HI/c1-3-19-18(20-10-8-13-23-4-2)21-15-16(17-9-7-14-24-17)22-11-5-6-12-22;/h7,9,14,16H,3-6,8,10-13,15H2,1-2H3,(H2,19,20,21);1H. The van der Waals surface area contributed by atoms with Crippen LogP contribution in [0.2, 0.25) is 0 Å². The molecule has 1 aromatic heterocycles. The molecule has 1 saturated heterocycles. The van der Waals surface area contributed by atoms with E-state index in [0.29, 0.717) is 6.04 Å². The van der Waals surface area contributed by atoms with Gasteiger partial charge in [0.25, 0.3) is 0 Å². The minimum atomic E-state index is 0. The number of hydrogen-bond donors (Lipinski definition) is 2. The van der Waals surface area contributed by atoms with Crippen LogP contribution in [-0.2, 0) is 4.74 Å². The van der Waals surface area contributed by atoms with Crippen molar-refractivity contribution in [2.24, 2.45) is 4.99 Å². The number of likely N-dealkylation sites (tertiary alicyclic amines) is 1. The van der Waals surface area contributed by atoms with E-state index in [1.165, 1.54) is 30.8 Å². The largest absolute Gasteiger partial charge is 0.382 e. The van der Waals surface area contributed by atoms with Crippen LogP contribution >= 0.6 is 35.3 Å². The first-order chi connectivity index (χ1) is 11.8. The predicted octanol–water partition coefficient (Wildman–Crippen LogP) is 3.48. The molecule has 1 aromatic rings. The van der Waals surface area contributed by atoms with E-state index in [-0.39, 0.29) is 24.0 Å². The van der Waals surface area contributed by atoms with Crippen LogP contribution in [0.25, 0.3) is 0 Å². The quantitative estimate of drug-likeness (QED) is 0.233. The molecular formula is C18H33IN4OS. The van der Waals surface area contributed by atoms with E-state index in [0.717, 1.165) is 45.2 Å². The Kier molecular flexibility index (Phi) is 12.5. The van der Waals surface area contributed by atoms with E-state index in [9.17, 15) is 0 Å². The van der Waals surface area contributed by atoms with Crippen LogP contribution < -0.4 is 10.6 Å². The number of thiophene rings is 1. The van der Waals surface area contributed by atoms with E-state index in [1.54, 1.807) is 0 Å². The molecule has 0 aromatic carbocycles. The molecular weight excluding hydrogens is 447 g/mol. The molecule has 1 aliphatic rings. The summed E-state index contributed by atoms with van der Waals surface area (Å²) in [4.78, 5) is 8.85. The van der Waals surface area contributed by atoms with Crippen LogP contribution in [0.15, 0.2) is 22.5 Å². The second-order valence-corrected chi connectivity index (χ2v) is 6.95. The van der Waals surface area contributed by atoms with Gasteiger partial charge in [-0.3, -0.25) is 9.89 Å². The van der Waals surface area contributed by atoms with E-state index in [1.807, 2.05) is 18.3 Å². The van der Waals surface area contributed by atoms with Crippen molar-refractivity contribution >= 4 is 41.3 Å². The fourth-order valence-electron chi connectivity index (χ4n) is 2.96. The van der Waals surface area contributed by atoms with E-state index in [2.05, 4.69) is 40.0 Å². The number of nitrogens with zero attached hydrogens (tertiary/aromatic N) is 2. The summed E-state index contributed by atoms with van der Waals surface area (Å²) in [7, 11) is 0. The van der Waals surface area contributed by atoms with Crippen molar-refractivity contribution in [3.8, 4) is 0 Å². The molecule has 144 valence electrons. The molecule has 1 unspecified atom stereocenters. The molecule has 7 heteroatoms. The van der Waals surface area contributed by atoms with Gasteiger partial charge in [-0.05, 0) is 57.6 Å². The summed E-state index contributed by atoms with van der Waals surface area (Å²) < 4.78 is 5.38. The molecule has 2 rings (SSSR count). The second-order valence-electron chi connectivity index (χ2n) is 5.97. The fraction of sp³-hybridized carbons (Fsp3) is 0.722. The smallest absolute Gasteiger partial charge is 0.191 e. The fourth-order valence-corrected chi connectivity index (χ4v) is 3.82. The van der Waals surface area contributed by atoms with Gasteiger partial charge in [0.15, 0.2) is 5.96 Å². The third-order valence-corrected chi connectivity index (χ3v) is 5.16. The number of hydrogen-bond acceptors (Lipinski definition) is 4. The maximum Gasteiger partial charge on any atom is 0.191 e. The van der Waals surface area contributed by atoms with Gasteiger partial charge in [-0.1, -0.05) is 6.07 Å². The zero-order chi connectivity index (χ0) is 17.0. The number of rotatable bonds is 10. The molecule has 0 saturated carbocycles. The third-order valence-electron chi connectivity index (χ3n) is 4.18. The average molecular weight is 480 g/mol. The average Bonchev–Trinajstić information content (AvgIpc) is 3.29. The Balaban J connectivity index is 0.00000312. The molecule has 2 N–H and O–H groups in total. The van der Waals surface area contributed by atoms with Crippen LogP contribution in [0.5, 0.6) is 0 Å². The summed E-state index contributed by atoms with van der Waals surface area (Å²) in [6.45, 7) is 10.7. The van der Waals surface area contributed by atoms with Crippen molar-refractivity contribution in [2.75, 3.05) is 45.9 Å². The normalized spacial score (nSPS) is 16.5. The number of guanidine groups is 1. The van der Waals surface area contributed by atoms with Crippen LogP contribution in [-0.4, -0.2) is 56.8 Å². The highest BCUT2D eigenvalue weighted by Crippen LogP contribution is 2.28. The van der Waals surface area contributed by atoms with E-state index in [4.69, 9.17) is 9.73 Å². The van der Waals surface area contributed by atoms with Crippen LogP contribution in [0.4, 0.5) is 0 Å². The molecule has 1 aliphatic heterocycles. The molecule has 1 fully saturated rings. The van der Waals surface area contributed by atoms with Gasteiger partial charge in [0, 0.05) is 31.2 Å². The van der Waals surface area contributed by atoms with Crippen LogP contribution in [0.3, 0.4) is 0 Å². The topological polar surface area (TPSA) is 48.9 Å². The zero-order valence-electron chi connectivity index (χ0n) is 15.5. The molecule has 25 heavy (non-hydrogen) atoms. The first-order valence-corrected chi connectivity index (χ1v) is 10.1. The van der Waals surface area contributed by atoms with Crippen molar-refractivity contribution < 1.29 is 4.74 Å². The maximum absolute atomic E-state index is 5.38. The Morgan fingerprint density at radius 1 is 1.32 bits per heavy atom. The third kappa shape index (κ3) is 8.23. The van der Waals surface area contributed by atoms with E-state index < -0.39 is 0 Å². The van der Waals surface area contributed by atoms with Gasteiger partial charge in [0.05, 0.1) is 12.6 Å². The first kappa shape index (κ1) is 22.7. The van der Waals surface area contributed by atoms with E-state index >= 15 is 0 Å². The number of ether oxygens (including phenoxy) is 1. The first-order valence-electron chi connectivity index (χ1n) is 9.22. The summed E-state index contributed by atoms with van der Waals surface area (Å²) in [5, 5.41) is 8.93. The van der Waals surface area contributed by atoms with Crippen molar-refractivity contribution in [3.63, 3.8) is 0 Å². The summed E-state index contributed by atoms with van der Waals surface area (Å²) in [5.41, 5.74) is 0. The minimum absolute atomic E-state index is 0. The van der Waals surface area contributed by atoms with Gasteiger partial charge in [-0.15, -0.1) is 35.3 Å². The summed E-state index contributed by atoms with van der Waals surface area (Å²) in [5.74, 6) is 0.912. The Bertz CT molecular complexity index is 464. The van der Waals surface area contributed by atoms with Crippen molar-refractivity contribution in [3.05, 3.63) is 22.4 Å². The molecule has 0 spiro atoms. The number of nitrogens with one attached hydrogen (secondary N) is 2. The molecule has 5 nitrogen and oxygen atoms in total. The number of aliphatic imine (C=N–C) groups is 1. The Labute approximate surface area is 173 Å². The SMILES string of the molecule is CCNC(=NCC(c1cccs1)N1CCCC1)NCCCOCC.I. The van der Waals surface area contributed by atoms with Gasteiger partial charge < -0.3 is 15.4 Å². The Hall–Kier alpha value is -0.380. The summed E-state index contributed by atoms with van der Waals surface area (Å²) in [6, 6.07) is 4.79. The lowest BCUT2D eigenvalue weighted by Gasteiger charge is -2.25. The molecule has 0 amide bonds. The van der Waals surface area contributed by atoms with Gasteiger partial charge >= 0.3 is 0 Å². The monoisotopic (exact) mass is 480 g/mol. The van der Waals surface area contributed by atoms with Crippen molar-refractivity contribution in [1.82, 2.24) is 15.5 Å². The molecule has 0 aliphatic carbocycles. The van der Waals surface area contributed by atoms with Crippen LogP contribution in [0, 0.1) is 0 Å². The Morgan fingerprint density at radius 3 is 2.76 bits per heavy atom. The molecule has 1 atom stereocenters. The highest BCUT2D eigenvalue weighted by molar-refractivity contribution is 14.0.